The van der Waals surface area contributed by atoms with Crippen molar-refractivity contribution in [2.45, 2.75) is 0 Å². The molecule has 0 saturated carbocycles. The third-order valence-corrected chi connectivity index (χ3v) is 2.60. The molecule has 0 fully saturated rings. The van der Waals surface area contributed by atoms with Gasteiger partial charge in [-0.2, -0.15) is 0 Å². The van der Waals surface area contributed by atoms with Gasteiger partial charge < -0.3 is 4.57 Å². The molecule has 0 aliphatic carbocycles. The summed E-state index contributed by atoms with van der Waals surface area (Å²) in [5.41, 5.74) is 1.28. The highest BCUT2D eigenvalue weighted by molar-refractivity contribution is 14.1. The minimum Gasteiger partial charge on any atom is -0.331 e. The van der Waals surface area contributed by atoms with Crippen LogP contribution in [0, 0.1) is 9.39 Å². The van der Waals surface area contributed by atoms with Crippen LogP contribution >= 0.6 is 22.6 Å². The largest absolute Gasteiger partial charge is 0.331 e. The number of aryl methyl sites for hydroxylation is 1. The van der Waals surface area contributed by atoms with Crippen LogP contribution in [0.15, 0.2) is 18.5 Å². The quantitative estimate of drug-likeness (QED) is 0.675. The second kappa shape index (κ2) is 2.69. The van der Waals surface area contributed by atoms with Gasteiger partial charge in [0.05, 0.1) is 15.4 Å². The van der Waals surface area contributed by atoms with Gasteiger partial charge in [0.2, 0.25) is 0 Å². The first-order chi connectivity index (χ1) is 5.70. The van der Waals surface area contributed by atoms with Crippen LogP contribution in [0.3, 0.4) is 0 Å². The van der Waals surface area contributed by atoms with Crippen LogP contribution in [-0.4, -0.2) is 9.55 Å². The van der Waals surface area contributed by atoms with Crippen molar-refractivity contribution >= 4 is 33.6 Å². The number of aromatic nitrogens is 2. The van der Waals surface area contributed by atoms with Gasteiger partial charge in [-0.1, -0.05) is 0 Å². The number of benzene rings is 1. The predicted molar refractivity (Wildman–Crippen MR) is 53.4 cm³/mol. The van der Waals surface area contributed by atoms with Crippen LogP contribution in [0.1, 0.15) is 0 Å². The molecule has 0 unspecified atom stereocenters. The highest BCUT2D eigenvalue weighted by Gasteiger charge is 2.08. The lowest BCUT2D eigenvalue weighted by Crippen LogP contribution is -1.90. The monoisotopic (exact) mass is 276 g/mol. The van der Waals surface area contributed by atoms with Crippen LogP contribution in [0.4, 0.5) is 4.39 Å². The summed E-state index contributed by atoms with van der Waals surface area (Å²) in [6.45, 7) is 0. The normalized spacial score (nSPS) is 10.9. The minimum absolute atomic E-state index is 0.187. The van der Waals surface area contributed by atoms with Gasteiger partial charge in [0.1, 0.15) is 5.52 Å². The summed E-state index contributed by atoms with van der Waals surface area (Å²) >= 11 is 1.97. The van der Waals surface area contributed by atoms with E-state index in [0.29, 0.717) is 14.6 Å². The molecule has 0 saturated heterocycles. The Morgan fingerprint density at radius 3 is 3.00 bits per heavy atom. The molecule has 0 amide bonds. The molecular formula is C8H6FIN2. The zero-order valence-corrected chi connectivity index (χ0v) is 8.54. The Labute approximate surface area is 82.5 Å². The van der Waals surface area contributed by atoms with Crippen molar-refractivity contribution in [3.05, 3.63) is 27.8 Å². The van der Waals surface area contributed by atoms with Crippen molar-refractivity contribution in [2.24, 2.45) is 7.05 Å². The van der Waals surface area contributed by atoms with E-state index in [1.54, 1.807) is 24.0 Å². The van der Waals surface area contributed by atoms with Gasteiger partial charge in [0, 0.05) is 7.05 Å². The molecule has 2 aromatic rings. The van der Waals surface area contributed by atoms with Crippen LogP contribution in [0.25, 0.3) is 11.0 Å². The number of imidazole rings is 1. The molecule has 1 heterocycles. The molecule has 2 nitrogen and oxygen atoms in total. The van der Waals surface area contributed by atoms with E-state index in [0.717, 1.165) is 0 Å². The summed E-state index contributed by atoms with van der Waals surface area (Å²) in [5, 5.41) is 0. The van der Waals surface area contributed by atoms with E-state index in [1.807, 2.05) is 28.7 Å². The third kappa shape index (κ3) is 1.01. The zero-order chi connectivity index (χ0) is 8.72. The van der Waals surface area contributed by atoms with Crippen molar-refractivity contribution in [2.75, 3.05) is 0 Å². The molecule has 0 bridgehead atoms. The molecule has 0 aliphatic rings. The van der Waals surface area contributed by atoms with Crippen molar-refractivity contribution < 1.29 is 4.39 Å². The molecule has 0 aliphatic heterocycles. The average Bonchev–Trinajstić information content (AvgIpc) is 2.41. The molecule has 62 valence electrons. The van der Waals surface area contributed by atoms with E-state index in [-0.39, 0.29) is 5.82 Å². The Balaban J connectivity index is 2.96. The molecule has 4 heteroatoms. The SMILES string of the molecule is Cn1cnc2ccc(I)c(F)c21. The highest BCUT2D eigenvalue weighted by Crippen LogP contribution is 2.20. The topological polar surface area (TPSA) is 17.8 Å². The lowest BCUT2D eigenvalue weighted by atomic mass is 10.3. The number of rotatable bonds is 0. The van der Waals surface area contributed by atoms with Gasteiger partial charge in [-0.25, -0.2) is 9.37 Å². The fourth-order valence-electron chi connectivity index (χ4n) is 1.18. The number of halogens is 2. The van der Waals surface area contributed by atoms with E-state index in [4.69, 9.17) is 0 Å². The maximum Gasteiger partial charge on any atom is 0.162 e. The third-order valence-electron chi connectivity index (χ3n) is 1.77. The molecular weight excluding hydrogens is 270 g/mol. The first-order valence-corrected chi connectivity index (χ1v) is 4.53. The molecule has 0 radical (unpaired) electrons. The lowest BCUT2D eigenvalue weighted by molar-refractivity contribution is 0.624. The lowest BCUT2D eigenvalue weighted by Gasteiger charge is -1.97. The van der Waals surface area contributed by atoms with Crippen molar-refractivity contribution in [3.63, 3.8) is 0 Å². The molecule has 1 aromatic carbocycles. The Morgan fingerprint density at radius 2 is 2.25 bits per heavy atom. The molecule has 0 atom stereocenters. The van der Waals surface area contributed by atoms with E-state index in [1.165, 1.54) is 0 Å². The van der Waals surface area contributed by atoms with Gasteiger partial charge in [0.15, 0.2) is 5.82 Å². The van der Waals surface area contributed by atoms with Crippen LogP contribution in [0.5, 0.6) is 0 Å². The predicted octanol–water partition coefficient (Wildman–Crippen LogP) is 2.32. The number of nitrogens with zero attached hydrogens (tertiary/aromatic N) is 2. The van der Waals surface area contributed by atoms with Gasteiger partial charge in [-0.05, 0) is 34.7 Å². The second-order valence-electron chi connectivity index (χ2n) is 2.58. The molecule has 0 spiro atoms. The van der Waals surface area contributed by atoms with E-state index in [9.17, 15) is 4.39 Å². The van der Waals surface area contributed by atoms with Crippen molar-refractivity contribution in [1.29, 1.82) is 0 Å². The Kier molecular flexibility index (Phi) is 1.79. The molecule has 2 rings (SSSR count). The van der Waals surface area contributed by atoms with Gasteiger partial charge in [0.25, 0.3) is 0 Å². The summed E-state index contributed by atoms with van der Waals surface area (Å²) in [6, 6.07) is 3.55. The Morgan fingerprint density at radius 1 is 1.50 bits per heavy atom. The number of fused-ring (bicyclic) bond motifs is 1. The summed E-state index contributed by atoms with van der Waals surface area (Å²) < 4.78 is 15.7. The average molecular weight is 276 g/mol. The van der Waals surface area contributed by atoms with E-state index >= 15 is 0 Å². The standard InChI is InChI=1S/C8H6FIN2/c1-12-4-11-6-3-2-5(10)7(9)8(6)12/h2-4H,1H3. The van der Waals surface area contributed by atoms with Crippen LogP contribution in [0.2, 0.25) is 0 Å². The molecule has 1 aromatic heterocycles. The summed E-state index contributed by atoms with van der Waals surface area (Å²) in [6.07, 6.45) is 1.61. The first-order valence-electron chi connectivity index (χ1n) is 3.45. The number of hydrogen-bond acceptors (Lipinski definition) is 1. The fraction of sp³-hybridized carbons (Fsp3) is 0.125. The maximum atomic E-state index is 13.4. The van der Waals surface area contributed by atoms with Gasteiger partial charge >= 0.3 is 0 Å². The van der Waals surface area contributed by atoms with E-state index < -0.39 is 0 Å². The highest BCUT2D eigenvalue weighted by atomic mass is 127. The summed E-state index contributed by atoms with van der Waals surface area (Å²) in [4.78, 5) is 4.04. The molecule has 12 heavy (non-hydrogen) atoms. The summed E-state index contributed by atoms with van der Waals surface area (Å²) in [5.74, 6) is -0.187. The van der Waals surface area contributed by atoms with E-state index in [2.05, 4.69) is 4.98 Å². The van der Waals surface area contributed by atoms with Gasteiger partial charge in [-0.15, -0.1) is 0 Å². The number of hydrogen-bond donors (Lipinski definition) is 0. The minimum atomic E-state index is -0.187. The second-order valence-corrected chi connectivity index (χ2v) is 3.75. The zero-order valence-electron chi connectivity index (χ0n) is 6.38. The Hall–Kier alpha value is -0.650. The fourth-order valence-corrected chi connectivity index (χ4v) is 1.61. The first kappa shape index (κ1) is 7.97. The summed E-state index contributed by atoms with van der Waals surface area (Å²) in [7, 11) is 1.79. The Bertz CT molecular complexity index is 436. The van der Waals surface area contributed by atoms with Crippen LogP contribution in [-0.2, 0) is 7.05 Å². The maximum absolute atomic E-state index is 13.4. The van der Waals surface area contributed by atoms with Gasteiger partial charge in [-0.3, -0.25) is 0 Å². The van der Waals surface area contributed by atoms with Crippen LogP contribution < -0.4 is 0 Å². The smallest absolute Gasteiger partial charge is 0.162 e. The molecule has 0 N–H and O–H groups in total. The van der Waals surface area contributed by atoms with Crippen molar-refractivity contribution in [1.82, 2.24) is 9.55 Å². The van der Waals surface area contributed by atoms with Crippen molar-refractivity contribution in [3.8, 4) is 0 Å².